The zero-order valence-corrected chi connectivity index (χ0v) is 52.9. The average Bonchev–Trinajstić information content (AvgIpc) is 1.53. The van der Waals surface area contributed by atoms with Crippen LogP contribution >= 0.6 is 0 Å². The van der Waals surface area contributed by atoms with Gasteiger partial charge < -0.3 is 19.7 Å². The molecule has 0 radical (unpaired) electrons. The van der Waals surface area contributed by atoms with Crippen molar-refractivity contribution in [1.82, 2.24) is 29.7 Å². The minimum absolute atomic E-state index is 0.103. The first-order chi connectivity index (χ1) is 47.0. The van der Waals surface area contributed by atoms with Crippen LogP contribution in [0.2, 0.25) is 0 Å². The van der Waals surface area contributed by atoms with Crippen LogP contribution in [0.4, 0.5) is 0 Å². The van der Waals surface area contributed by atoms with Gasteiger partial charge in [0.05, 0.1) is 59.5 Å². The van der Waals surface area contributed by atoms with Gasteiger partial charge in [-0.25, -0.2) is 0 Å². The first kappa shape index (κ1) is 63.0. The van der Waals surface area contributed by atoms with Gasteiger partial charge in [-0.3, -0.25) is 58.5 Å². The molecule has 2 aliphatic heterocycles. The fourth-order valence-corrected chi connectivity index (χ4v) is 16.2. The van der Waals surface area contributed by atoms with Crippen molar-refractivity contribution in [1.29, 1.82) is 0 Å². The van der Waals surface area contributed by atoms with Crippen LogP contribution in [-0.2, 0) is 49.4 Å². The quantitative estimate of drug-likeness (QED) is 0.0235. The molecular weight excluding hydrogens is 1200 g/mol. The highest BCUT2D eigenvalue weighted by Gasteiger charge is 2.68. The molecular formula is C80H72N6O10. The van der Waals surface area contributed by atoms with E-state index in [0.717, 1.165) is 59.1 Å². The van der Waals surface area contributed by atoms with Crippen molar-refractivity contribution in [3.63, 3.8) is 0 Å². The number of aromatic nitrogens is 4. The van der Waals surface area contributed by atoms with Gasteiger partial charge in [0.1, 0.15) is 13.2 Å². The van der Waals surface area contributed by atoms with Crippen LogP contribution in [0.15, 0.2) is 253 Å². The summed E-state index contributed by atoms with van der Waals surface area (Å²) in [4.78, 5) is 107. The summed E-state index contributed by atoms with van der Waals surface area (Å²) in [5.41, 5.74) is 5.97. The molecule has 4 bridgehead atoms. The van der Waals surface area contributed by atoms with Crippen molar-refractivity contribution in [2.24, 2.45) is 47.3 Å². The SMILES string of the molecule is O=C(CCCCCCCCC(=O)OCCN1C(=O)[C@H]2[C@H]3C(C(O)(c4ccccc4)c4ccccn4)=C[C@H](C3=C(c3ccccc3)c3ccccn3)[C@H]2C1=O)OCCN1C(=O)[C@@H]2[C@@H]3C(C(O)(c4ccccc4)c4ccccn4)=C[C@@H](C3=C(c3ccccc3)c3ccccn3)[C@@H]2C1=O. The van der Waals surface area contributed by atoms with Gasteiger partial charge in [0, 0.05) is 72.4 Å². The number of hydrogen-bond acceptors (Lipinski definition) is 14. The van der Waals surface area contributed by atoms with E-state index in [4.69, 9.17) is 19.4 Å². The number of ether oxygens (including phenoxy) is 2. The first-order valence-electron chi connectivity index (χ1n) is 33.2. The number of allylic oxidation sites excluding steroid dienone is 4. The van der Waals surface area contributed by atoms with Crippen molar-refractivity contribution < 1.29 is 48.5 Å². The molecule has 2 N–H and O–H groups in total. The highest BCUT2D eigenvalue weighted by Crippen LogP contribution is 2.66. The van der Waals surface area contributed by atoms with E-state index in [0.29, 0.717) is 57.9 Å². The predicted octanol–water partition coefficient (Wildman–Crippen LogP) is 11.2. The zero-order valence-electron chi connectivity index (χ0n) is 52.9. The Kier molecular flexibility index (Phi) is 17.8. The number of rotatable bonds is 25. The molecule has 2 saturated carbocycles. The number of imide groups is 2. The Hall–Kier alpha value is -10.4. The number of nitrogens with zero attached hydrogens (tertiary/aromatic N) is 6. The molecule has 10 atom stereocenters. The maximum Gasteiger partial charge on any atom is 0.305 e. The standard InChI is InChI=1S/C80H72N6O10/c87-63(95-47-45-85-75(89)69-55-49-57(79(93,53-31-13-7-14-32-53)61-37-21-25-43-83-61)71(73(69)77(85)91)67(55)65(51-27-9-5-10-28-51)59-35-19-23-41-81-59)39-17-3-1-2-4-18-40-64(88)96-48-46-86-76(90)70-56-50-58(80(94,54-33-15-8-16-34-54)62-38-22-26-44-84-62)72(74(70)78(86)92)68(56)66(52-29-11-6-12-30-52)60-36-20-24-42-82-60/h5-16,19-38,41-44,49-50,55-56,69-74,93-94H,1-4,17-18,39-40,45-48H2/t55-,56+,69-,70+,71+,72-,73-,74+,79?,80?. The highest BCUT2D eigenvalue weighted by atomic mass is 16.5. The van der Waals surface area contributed by atoms with Crippen LogP contribution in [0.1, 0.15) is 96.4 Å². The van der Waals surface area contributed by atoms with E-state index in [-0.39, 0.29) is 62.8 Å². The van der Waals surface area contributed by atoms with Gasteiger partial charge in [0.25, 0.3) is 0 Å². The van der Waals surface area contributed by atoms with Crippen LogP contribution in [0.5, 0.6) is 0 Å². The minimum atomic E-state index is -1.76. The second-order valence-corrected chi connectivity index (χ2v) is 25.5. The maximum absolute atomic E-state index is 14.9. The van der Waals surface area contributed by atoms with Crippen LogP contribution in [0, 0.1) is 47.3 Å². The number of benzene rings is 4. The molecule has 2 saturated heterocycles. The van der Waals surface area contributed by atoms with Crippen molar-refractivity contribution in [2.75, 3.05) is 26.3 Å². The molecule has 96 heavy (non-hydrogen) atoms. The summed E-state index contributed by atoms with van der Waals surface area (Å²) in [7, 11) is 0. The number of amides is 4. The number of likely N-dealkylation sites (tertiary alicyclic amines) is 2. The Bertz CT molecular complexity index is 3900. The summed E-state index contributed by atoms with van der Waals surface area (Å²) < 4.78 is 11.3. The number of fused-ring (bicyclic) bond motifs is 10. The molecule has 6 aliphatic rings. The summed E-state index contributed by atoms with van der Waals surface area (Å²) in [5.74, 6) is -8.05. The molecule has 8 aromatic rings. The Balaban J connectivity index is 0.563. The molecule has 14 rings (SSSR count). The third kappa shape index (κ3) is 11.3. The van der Waals surface area contributed by atoms with E-state index in [9.17, 15) is 39.0 Å². The van der Waals surface area contributed by atoms with Gasteiger partial charge in [-0.15, -0.1) is 0 Å². The smallest absolute Gasteiger partial charge is 0.305 e. The van der Waals surface area contributed by atoms with Gasteiger partial charge in [-0.2, -0.15) is 0 Å². The van der Waals surface area contributed by atoms with Crippen LogP contribution < -0.4 is 0 Å². The molecule has 4 aromatic heterocycles. The van der Waals surface area contributed by atoms with Gasteiger partial charge in [-0.1, -0.05) is 183 Å². The van der Waals surface area contributed by atoms with Gasteiger partial charge in [0.15, 0.2) is 11.2 Å². The van der Waals surface area contributed by atoms with E-state index in [1.54, 1.807) is 49.1 Å². The lowest BCUT2D eigenvalue weighted by Gasteiger charge is -2.36. The second kappa shape index (κ2) is 27.1. The lowest BCUT2D eigenvalue weighted by atomic mass is 9.71. The lowest BCUT2D eigenvalue weighted by Crippen LogP contribution is -2.39. The number of pyridine rings is 4. The fraction of sp³-hybridized carbons (Fsp3) is 0.275. The van der Waals surface area contributed by atoms with Crippen molar-refractivity contribution in [3.05, 3.63) is 298 Å². The van der Waals surface area contributed by atoms with E-state index in [2.05, 4.69) is 9.97 Å². The second-order valence-electron chi connectivity index (χ2n) is 25.5. The predicted molar refractivity (Wildman–Crippen MR) is 357 cm³/mol. The molecule has 16 heteroatoms. The van der Waals surface area contributed by atoms with E-state index >= 15 is 0 Å². The molecule has 4 aromatic carbocycles. The van der Waals surface area contributed by atoms with Gasteiger partial charge in [-0.05, 0) is 106 Å². The Labute approximate surface area is 556 Å². The zero-order chi connectivity index (χ0) is 65.9. The Morgan fingerprint density at radius 1 is 0.396 bits per heavy atom. The van der Waals surface area contributed by atoms with Crippen molar-refractivity contribution in [2.45, 2.75) is 62.6 Å². The summed E-state index contributed by atoms with van der Waals surface area (Å²) in [6, 6.07) is 60.3. The Morgan fingerprint density at radius 2 is 0.729 bits per heavy atom. The number of carbonyl (C=O) groups is 6. The summed E-state index contributed by atoms with van der Waals surface area (Å²) >= 11 is 0. The molecule has 0 spiro atoms. The first-order valence-corrected chi connectivity index (χ1v) is 33.2. The number of hydrogen-bond donors (Lipinski definition) is 2. The lowest BCUT2D eigenvalue weighted by molar-refractivity contribution is -0.148. The molecule has 16 nitrogen and oxygen atoms in total. The van der Waals surface area contributed by atoms with E-state index < -0.39 is 70.5 Å². The third-order valence-electron chi connectivity index (χ3n) is 20.2. The molecule has 2 unspecified atom stereocenters. The average molecular weight is 1280 g/mol. The normalized spacial score (nSPS) is 23.6. The summed E-state index contributed by atoms with van der Waals surface area (Å²) in [6.07, 6.45) is 15.3. The molecule has 482 valence electrons. The van der Waals surface area contributed by atoms with Crippen molar-refractivity contribution >= 4 is 46.7 Å². The summed E-state index contributed by atoms with van der Waals surface area (Å²) in [5, 5.41) is 26.5. The number of esters is 2. The van der Waals surface area contributed by atoms with E-state index in [1.165, 1.54) is 9.80 Å². The van der Waals surface area contributed by atoms with E-state index in [1.807, 2.05) is 182 Å². The molecule has 4 fully saturated rings. The van der Waals surface area contributed by atoms with Crippen molar-refractivity contribution in [3.8, 4) is 0 Å². The molecule has 4 amide bonds. The number of unbranched alkanes of at least 4 members (excludes halogenated alkanes) is 5. The summed E-state index contributed by atoms with van der Waals surface area (Å²) in [6.45, 7) is -0.520. The third-order valence-corrected chi connectivity index (χ3v) is 20.2. The topological polar surface area (TPSA) is 219 Å². The fourth-order valence-electron chi connectivity index (χ4n) is 16.2. The highest BCUT2D eigenvalue weighted by molar-refractivity contribution is 6.09. The van der Waals surface area contributed by atoms with Gasteiger partial charge in [0.2, 0.25) is 23.6 Å². The van der Waals surface area contributed by atoms with Gasteiger partial charge >= 0.3 is 11.9 Å². The number of carbonyl (C=O) groups excluding carboxylic acids is 6. The largest absolute Gasteiger partial charge is 0.464 e. The number of aliphatic hydroxyl groups is 2. The molecule has 6 heterocycles. The molecule has 4 aliphatic carbocycles. The van der Waals surface area contributed by atoms with Crippen LogP contribution in [0.25, 0.3) is 11.1 Å². The van der Waals surface area contributed by atoms with Crippen LogP contribution in [0.3, 0.4) is 0 Å². The minimum Gasteiger partial charge on any atom is -0.464 e. The maximum atomic E-state index is 14.9. The monoisotopic (exact) mass is 1280 g/mol. The van der Waals surface area contributed by atoms with Crippen LogP contribution in [-0.4, -0.2) is 102 Å². The Morgan fingerprint density at radius 3 is 1.08 bits per heavy atom.